The van der Waals surface area contributed by atoms with Crippen molar-refractivity contribution in [2.45, 2.75) is 128 Å². The predicted molar refractivity (Wildman–Crippen MR) is 117 cm³/mol. The number of hydrogen-bond acceptors (Lipinski definition) is 1. The van der Waals surface area contributed by atoms with E-state index in [1.165, 1.54) is 25.7 Å². The summed E-state index contributed by atoms with van der Waals surface area (Å²) in [5.74, 6) is 7.60. The quantitative estimate of drug-likeness (QED) is 0.462. The van der Waals surface area contributed by atoms with Crippen LogP contribution in [0.1, 0.15) is 110 Å². The maximum absolute atomic E-state index is 3.27. The van der Waals surface area contributed by atoms with E-state index in [0.717, 1.165) is 59.6 Å². The molecule has 1 heteroatoms. The van der Waals surface area contributed by atoms with E-state index >= 15 is 0 Å². The third-order valence-electron chi connectivity index (χ3n) is 11.0. The first-order valence-electron chi connectivity index (χ1n) is 13.6. The molecule has 0 amide bonds. The zero-order chi connectivity index (χ0) is 18.7. The normalized spacial score (nSPS) is 52.4. The molecule has 0 spiro atoms. The van der Waals surface area contributed by atoms with Gasteiger partial charge in [-0.1, -0.05) is 64.7 Å². The molecule has 6 aliphatic rings. The van der Waals surface area contributed by atoms with E-state index in [9.17, 15) is 0 Å². The van der Waals surface area contributed by atoms with Gasteiger partial charge in [0.1, 0.15) is 0 Å². The van der Waals surface area contributed by atoms with Crippen molar-refractivity contribution < 1.29 is 0 Å². The molecule has 7 unspecified atom stereocenters. The van der Waals surface area contributed by atoms with E-state index in [1.54, 1.807) is 77.0 Å². The fraction of sp³-hybridized carbons (Fsp3) is 1.00. The lowest BCUT2D eigenvalue weighted by atomic mass is 9.55. The lowest BCUT2D eigenvalue weighted by Gasteiger charge is -2.59. The third-order valence-corrected chi connectivity index (χ3v) is 11.0. The summed E-state index contributed by atoms with van der Waals surface area (Å²) in [5, 5.41) is 0. The van der Waals surface area contributed by atoms with E-state index in [1.807, 2.05) is 0 Å². The summed E-state index contributed by atoms with van der Waals surface area (Å²) in [5.41, 5.74) is 0. The summed E-state index contributed by atoms with van der Waals surface area (Å²) in [7, 11) is 0. The van der Waals surface area contributed by atoms with Crippen LogP contribution in [0.2, 0.25) is 0 Å². The minimum atomic E-state index is 0.984. The third kappa shape index (κ3) is 2.96. The Hall–Kier alpha value is -0.0400. The molecular formula is C27H45N. The smallest absolute Gasteiger partial charge is 0.0136 e. The Morgan fingerprint density at radius 3 is 2.00 bits per heavy atom. The highest BCUT2D eigenvalue weighted by atomic mass is 15.3. The van der Waals surface area contributed by atoms with E-state index in [0.29, 0.717) is 0 Å². The lowest BCUT2D eigenvalue weighted by Crippen LogP contribution is -2.61. The molecule has 1 aliphatic heterocycles. The molecule has 0 bridgehead atoms. The molecule has 158 valence electrons. The van der Waals surface area contributed by atoms with Crippen LogP contribution in [-0.4, -0.2) is 23.0 Å². The summed E-state index contributed by atoms with van der Waals surface area (Å²) in [6, 6.07) is 2.99. The predicted octanol–water partition coefficient (Wildman–Crippen LogP) is 7.05. The second-order valence-electron chi connectivity index (χ2n) is 12.2. The second-order valence-corrected chi connectivity index (χ2v) is 12.2. The zero-order valence-corrected chi connectivity index (χ0v) is 18.5. The van der Waals surface area contributed by atoms with E-state index in [4.69, 9.17) is 0 Å². The van der Waals surface area contributed by atoms with Crippen LogP contribution in [-0.2, 0) is 0 Å². The van der Waals surface area contributed by atoms with Crippen molar-refractivity contribution in [2.24, 2.45) is 41.4 Å². The fourth-order valence-corrected chi connectivity index (χ4v) is 9.65. The number of hydrogen-bond donors (Lipinski definition) is 0. The first-order valence-corrected chi connectivity index (χ1v) is 13.6. The van der Waals surface area contributed by atoms with Crippen molar-refractivity contribution in [1.82, 2.24) is 4.90 Å². The highest BCUT2D eigenvalue weighted by Crippen LogP contribution is 2.60. The topological polar surface area (TPSA) is 3.24 Å². The van der Waals surface area contributed by atoms with Gasteiger partial charge in [-0.15, -0.1) is 0 Å². The molecule has 6 rings (SSSR count). The molecule has 1 heterocycles. The van der Waals surface area contributed by atoms with Crippen molar-refractivity contribution in [2.75, 3.05) is 0 Å². The summed E-state index contributed by atoms with van der Waals surface area (Å²) < 4.78 is 0. The van der Waals surface area contributed by atoms with E-state index in [-0.39, 0.29) is 0 Å². The van der Waals surface area contributed by atoms with Crippen molar-refractivity contribution >= 4 is 0 Å². The number of likely N-dealkylation sites (tertiary alicyclic amines) is 1. The van der Waals surface area contributed by atoms with Crippen molar-refractivity contribution in [3.63, 3.8) is 0 Å². The Kier molecular flexibility index (Phi) is 5.06. The van der Waals surface area contributed by atoms with Gasteiger partial charge >= 0.3 is 0 Å². The summed E-state index contributed by atoms with van der Waals surface area (Å²) in [6.07, 6.45) is 24.9. The molecule has 0 aromatic carbocycles. The van der Waals surface area contributed by atoms with Gasteiger partial charge in [-0.3, -0.25) is 4.90 Å². The van der Waals surface area contributed by atoms with Crippen molar-refractivity contribution in [3.05, 3.63) is 0 Å². The number of fused-ring (bicyclic) bond motifs is 4. The molecule has 6 fully saturated rings. The van der Waals surface area contributed by atoms with E-state index < -0.39 is 0 Å². The monoisotopic (exact) mass is 383 g/mol. The number of rotatable bonds is 2. The minimum Gasteiger partial charge on any atom is -0.294 e. The molecule has 0 aromatic heterocycles. The van der Waals surface area contributed by atoms with Gasteiger partial charge in [0.15, 0.2) is 0 Å². The Morgan fingerprint density at radius 1 is 0.500 bits per heavy atom. The largest absolute Gasteiger partial charge is 0.294 e. The number of nitrogens with zero attached hydrogens (tertiary/aromatic N) is 1. The van der Waals surface area contributed by atoms with Crippen LogP contribution in [0.5, 0.6) is 0 Å². The van der Waals surface area contributed by atoms with Gasteiger partial charge in [0.2, 0.25) is 0 Å². The molecule has 5 aliphatic carbocycles. The first kappa shape index (κ1) is 18.7. The van der Waals surface area contributed by atoms with Crippen LogP contribution in [0.15, 0.2) is 0 Å². The maximum Gasteiger partial charge on any atom is 0.0136 e. The van der Waals surface area contributed by atoms with Gasteiger partial charge in [0, 0.05) is 18.1 Å². The van der Waals surface area contributed by atoms with Crippen LogP contribution in [0.4, 0.5) is 0 Å². The SMILES string of the molecule is CC1CCCC2C(C1)C1C(CCC[C@H]1C1CCCCCC1)N2C1C[C@H]2CCC12. The van der Waals surface area contributed by atoms with E-state index in [2.05, 4.69) is 11.8 Å². The summed E-state index contributed by atoms with van der Waals surface area (Å²) in [4.78, 5) is 3.27. The molecule has 0 N–H and O–H groups in total. The molecule has 9 atom stereocenters. The van der Waals surface area contributed by atoms with Gasteiger partial charge in [-0.2, -0.15) is 0 Å². The Balaban J connectivity index is 1.31. The molecular weight excluding hydrogens is 338 g/mol. The van der Waals surface area contributed by atoms with Crippen molar-refractivity contribution in [3.8, 4) is 0 Å². The Bertz CT molecular complexity index is 548. The average molecular weight is 384 g/mol. The first-order chi connectivity index (χ1) is 13.8. The van der Waals surface area contributed by atoms with Crippen molar-refractivity contribution in [1.29, 1.82) is 0 Å². The fourth-order valence-electron chi connectivity index (χ4n) is 9.65. The standard InChI is InChI=1S/C27H45N/c1-18-8-6-12-24-23(16-18)27-22(19-9-4-2-3-5-10-19)11-7-13-25(27)28(24)26-17-20-14-15-21(20)26/h18-27H,2-17H2,1H3/t18?,20-,21?,22+,23?,24?,25?,26?,27?/m1/s1. The summed E-state index contributed by atoms with van der Waals surface area (Å²) >= 11 is 0. The minimum absolute atomic E-state index is 0.984. The van der Waals surface area contributed by atoms with Crippen LogP contribution in [0.3, 0.4) is 0 Å². The molecule has 1 nitrogen and oxygen atoms in total. The Morgan fingerprint density at radius 2 is 1.29 bits per heavy atom. The Labute approximate surface area is 174 Å². The van der Waals surface area contributed by atoms with Crippen LogP contribution in [0.25, 0.3) is 0 Å². The van der Waals surface area contributed by atoms with Gasteiger partial charge < -0.3 is 0 Å². The van der Waals surface area contributed by atoms with Gasteiger partial charge in [0.05, 0.1) is 0 Å². The second kappa shape index (κ2) is 7.58. The van der Waals surface area contributed by atoms with Gasteiger partial charge in [-0.05, 0) is 86.4 Å². The lowest BCUT2D eigenvalue weighted by molar-refractivity contribution is -0.0929. The van der Waals surface area contributed by atoms with Crippen LogP contribution < -0.4 is 0 Å². The molecule has 0 aromatic rings. The molecule has 0 radical (unpaired) electrons. The maximum atomic E-state index is 3.27. The van der Waals surface area contributed by atoms with Crippen LogP contribution in [0, 0.1) is 41.4 Å². The highest BCUT2D eigenvalue weighted by molar-refractivity contribution is 5.12. The highest BCUT2D eigenvalue weighted by Gasteiger charge is 2.60. The van der Waals surface area contributed by atoms with Crippen LogP contribution >= 0.6 is 0 Å². The van der Waals surface area contributed by atoms with Gasteiger partial charge in [-0.25, -0.2) is 0 Å². The zero-order valence-electron chi connectivity index (χ0n) is 18.5. The molecule has 1 saturated heterocycles. The van der Waals surface area contributed by atoms with Gasteiger partial charge in [0.25, 0.3) is 0 Å². The average Bonchev–Trinajstić information content (AvgIpc) is 2.90. The summed E-state index contributed by atoms with van der Waals surface area (Å²) in [6.45, 7) is 2.59. The molecule has 28 heavy (non-hydrogen) atoms. The molecule has 5 saturated carbocycles.